The lowest BCUT2D eigenvalue weighted by molar-refractivity contribution is 0.0690. The van der Waals surface area contributed by atoms with Crippen molar-refractivity contribution >= 4 is 0 Å². The van der Waals surface area contributed by atoms with E-state index in [9.17, 15) is 0 Å². The van der Waals surface area contributed by atoms with Crippen LogP contribution in [-0.4, -0.2) is 118 Å². The molecule has 0 N–H and O–H groups in total. The third-order valence-corrected chi connectivity index (χ3v) is 10.4. The topological polar surface area (TPSA) is 16.2 Å². The number of hydrogen-bond donors (Lipinski definition) is 0. The molecule has 0 radical (unpaired) electrons. The molecule has 0 aliphatic carbocycles. The minimum absolute atomic E-state index is 0.351. The molecule has 0 atom stereocenters. The zero-order valence-corrected chi connectivity index (χ0v) is 35.9. The molecule has 4 aliphatic rings. The summed E-state index contributed by atoms with van der Waals surface area (Å²) in [6, 6.07) is 0. The minimum atomic E-state index is 0.351. The first-order valence-electron chi connectivity index (χ1n) is 20.2. The molecule has 4 fully saturated rings. The van der Waals surface area contributed by atoms with Crippen molar-refractivity contribution in [3.8, 4) is 0 Å². The van der Waals surface area contributed by atoms with Crippen molar-refractivity contribution in [3.63, 3.8) is 0 Å². The van der Waals surface area contributed by atoms with Gasteiger partial charge >= 0.3 is 0 Å². The Kier molecular flexibility index (Phi) is 21.8. The average Bonchev–Trinajstić information content (AvgIpc) is 3.31. The Bertz CT molecular complexity index is 718. The van der Waals surface area contributed by atoms with E-state index in [-0.39, 0.29) is 0 Å². The summed E-state index contributed by atoms with van der Waals surface area (Å²) >= 11 is 0. The molecule has 0 spiro atoms. The van der Waals surface area contributed by atoms with E-state index in [4.69, 9.17) is 0 Å². The summed E-state index contributed by atoms with van der Waals surface area (Å²) in [5, 5.41) is 0. The predicted molar refractivity (Wildman–Crippen MR) is 214 cm³/mol. The number of rotatable bonds is 2. The average molecular weight is 666 g/mol. The van der Waals surface area contributed by atoms with Crippen LogP contribution >= 0.6 is 0 Å². The van der Waals surface area contributed by atoms with Crippen molar-refractivity contribution in [2.75, 3.05) is 65.4 Å². The lowest BCUT2D eigenvalue weighted by Crippen LogP contribution is -2.49. The third-order valence-electron chi connectivity index (χ3n) is 10.4. The smallest absolute Gasteiger partial charge is 0.0125 e. The second kappa shape index (κ2) is 21.9. The van der Waals surface area contributed by atoms with Gasteiger partial charge in [-0.25, -0.2) is 0 Å². The van der Waals surface area contributed by atoms with E-state index in [1.807, 2.05) is 0 Å². The number of nitrogens with zero attached hydrogens (tertiary/aromatic N) is 5. The summed E-state index contributed by atoms with van der Waals surface area (Å²) in [7, 11) is 0. The molecule has 5 nitrogen and oxygen atoms in total. The molecule has 47 heavy (non-hydrogen) atoms. The molecule has 0 bridgehead atoms. The van der Waals surface area contributed by atoms with E-state index in [1.54, 1.807) is 0 Å². The summed E-state index contributed by atoms with van der Waals surface area (Å²) < 4.78 is 0. The van der Waals surface area contributed by atoms with Gasteiger partial charge in [-0.15, -0.1) is 0 Å². The van der Waals surface area contributed by atoms with Crippen LogP contribution < -0.4 is 0 Å². The van der Waals surface area contributed by atoms with Crippen molar-refractivity contribution in [1.29, 1.82) is 0 Å². The van der Waals surface area contributed by atoms with Gasteiger partial charge in [-0.05, 0) is 214 Å². The zero-order chi connectivity index (χ0) is 36.5. The first-order chi connectivity index (χ1) is 21.4. The number of likely N-dealkylation sites (tertiary alicyclic amines) is 4. The lowest BCUT2D eigenvalue weighted by atomic mass is 10.0. The van der Waals surface area contributed by atoms with Gasteiger partial charge in [-0.3, -0.25) is 24.5 Å². The standard InChI is InChI=1S/C10H21N.C9H19N.C8H17N.C8H19N.C7H15N/c1-10(2,3)11-8-6-4-5-7-9-11;1-9(2,3)10-7-5-4-6-8-10;1-8(2,3)9-6-4-5-7-9;1-6-9(7-2)8(3,4)5;1-7(2,3)8-5-4-6-8/h4-9H2,1-3H3;4-8H2,1-3H3;4-7H2,1-3H3;6-7H2,1-5H3;4-6H2,1-3H3. The molecule has 284 valence electrons. The van der Waals surface area contributed by atoms with Gasteiger partial charge in [0.1, 0.15) is 0 Å². The monoisotopic (exact) mass is 666 g/mol. The number of hydrogen-bond acceptors (Lipinski definition) is 5. The van der Waals surface area contributed by atoms with E-state index in [2.05, 4.69) is 142 Å². The summed E-state index contributed by atoms with van der Waals surface area (Å²) in [6.07, 6.45) is 14.1. The van der Waals surface area contributed by atoms with Crippen molar-refractivity contribution in [1.82, 2.24) is 24.5 Å². The molecular weight excluding hydrogens is 574 g/mol. The first kappa shape index (κ1) is 46.8. The minimum Gasteiger partial charge on any atom is -0.299 e. The normalized spacial score (nSPS) is 21.1. The highest BCUT2D eigenvalue weighted by molar-refractivity contribution is 4.82. The molecule has 0 amide bonds. The molecule has 0 unspecified atom stereocenters. The van der Waals surface area contributed by atoms with Crippen LogP contribution in [0.25, 0.3) is 0 Å². The van der Waals surface area contributed by atoms with Gasteiger partial charge in [0.25, 0.3) is 0 Å². The lowest BCUT2D eigenvalue weighted by Gasteiger charge is -2.42. The van der Waals surface area contributed by atoms with Gasteiger partial charge in [0.15, 0.2) is 0 Å². The maximum atomic E-state index is 2.61. The maximum Gasteiger partial charge on any atom is 0.0125 e. The second-order valence-electron chi connectivity index (χ2n) is 19.5. The Hall–Kier alpha value is -0.200. The second-order valence-corrected chi connectivity index (χ2v) is 19.5. The molecule has 4 rings (SSSR count). The van der Waals surface area contributed by atoms with Crippen LogP contribution in [0.1, 0.15) is 182 Å². The van der Waals surface area contributed by atoms with Crippen molar-refractivity contribution in [2.24, 2.45) is 0 Å². The van der Waals surface area contributed by atoms with Crippen LogP contribution in [0.5, 0.6) is 0 Å². The highest BCUT2D eigenvalue weighted by Crippen LogP contribution is 2.22. The number of piperidine rings is 1. The van der Waals surface area contributed by atoms with Crippen LogP contribution in [0.15, 0.2) is 0 Å². The summed E-state index contributed by atoms with van der Waals surface area (Å²) in [5.41, 5.74) is 1.99. The van der Waals surface area contributed by atoms with Gasteiger partial charge in [0, 0.05) is 27.7 Å². The van der Waals surface area contributed by atoms with Gasteiger partial charge in [0.05, 0.1) is 0 Å². The summed E-state index contributed by atoms with van der Waals surface area (Å²) in [4.78, 5) is 12.7. The molecule has 0 aromatic rings. The van der Waals surface area contributed by atoms with Crippen LogP contribution in [0.4, 0.5) is 0 Å². The van der Waals surface area contributed by atoms with Gasteiger partial charge in [-0.2, -0.15) is 0 Å². The first-order valence-corrected chi connectivity index (χ1v) is 20.2. The van der Waals surface area contributed by atoms with Gasteiger partial charge < -0.3 is 0 Å². The molecular formula is C42H91N5. The van der Waals surface area contributed by atoms with E-state index >= 15 is 0 Å². The van der Waals surface area contributed by atoms with Crippen LogP contribution in [0.3, 0.4) is 0 Å². The largest absolute Gasteiger partial charge is 0.299 e. The van der Waals surface area contributed by atoms with E-state index < -0.39 is 0 Å². The predicted octanol–water partition coefficient (Wildman–Crippen LogP) is 10.4. The Morgan fingerprint density at radius 3 is 0.638 bits per heavy atom. The quantitative estimate of drug-likeness (QED) is 0.291. The summed E-state index contributed by atoms with van der Waals surface area (Å²) in [6.45, 7) is 51.5. The fourth-order valence-electron chi connectivity index (χ4n) is 6.85. The van der Waals surface area contributed by atoms with E-state index in [0.29, 0.717) is 27.7 Å². The van der Waals surface area contributed by atoms with Gasteiger partial charge in [0.2, 0.25) is 0 Å². The zero-order valence-electron chi connectivity index (χ0n) is 35.9. The molecule has 4 saturated heterocycles. The fourth-order valence-corrected chi connectivity index (χ4v) is 6.85. The Balaban J connectivity index is 0.000000565. The highest BCUT2D eigenvalue weighted by Gasteiger charge is 2.26. The fraction of sp³-hybridized carbons (Fsp3) is 1.00. The molecule has 0 saturated carbocycles. The molecule has 5 heteroatoms. The van der Waals surface area contributed by atoms with Crippen LogP contribution in [0.2, 0.25) is 0 Å². The highest BCUT2D eigenvalue weighted by atomic mass is 15.2. The SMILES string of the molecule is CC(C)(C)N1CCC1.CC(C)(C)N1CCCC1.CC(C)(C)N1CCCCC1.CC(C)(C)N1CCCCCC1.CCN(CC)C(C)(C)C. The molecule has 4 heterocycles. The summed E-state index contributed by atoms with van der Waals surface area (Å²) in [5.74, 6) is 0. The van der Waals surface area contributed by atoms with Crippen molar-refractivity contribution in [3.05, 3.63) is 0 Å². The molecule has 0 aromatic carbocycles. The van der Waals surface area contributed by atoms with Gasteiger partial charge in [-0.1, -0.05) is 33.1 Å². The molecule has 0 aromatic heterocycles. The van der Waals surface area contributed by atoms with Crippen molar-refractivity contribution < 1.29 is 0 Å². The Morgan fingerprint density at radius 1 is 0.319 bits per heavy atom. The van der Waals surface area contributed by atoms with E-state index in [0.717, 1.165) is 13.1 Å². The Labute approximate surface area is 299 Å². The Morgan fingerprint density at radius 2 is 0.511 bits per heavy atom. The van der Waals surface area contributed by atoms with Crippen LogP contribution in [-0.2, 0) is 0 Å². The molecule has 4 aliphatic heterocycles. The van der Waals surface area contributed by atoms with Crippen molar-refractivity contribution in [2.45, 2.75) is 210 Å². The van der Waals surface area contributed by atoms with Crippen LogP contribution in [0, 0.1) is 0 Å². The third kappa shape index (κ3) is 21.6. The van der Waals surface area contributed by atoms with E-state index in [1.165, 1.54) is 117 Å². The maximum absolute atomic E-state index is 2.61.